The van der Waals surface area contributed by atoms with Crippen LogP contribution in [-0.4, -0.2) is 21.8 Å². The second-order valence-corrected chi connectivity index (χ2v) is 4.48. The lowest BCUT2D eigenvalue weighted by atomic mass is 10.3. The molecule has 5 N–H and O–H groups in total. The van der Waals surface area contributed by atoms with E-state index < -0.39 is 0 Å². The number of carbonyl (C=O) groups is 1. The lowest BCUT2D eigenvalue weighted by Gasteiger charge is -2.02. The fourth-order valence-corrected chi connectivity index (χ4v) is 2.07. The van der Waals surface area contributed by atoms with E-state index in [0.717, 1.165) is 0 Å². The Kier molecular flexibility index (Phi) is 5.42. The number of anilines is 1. The summed E-state index contributed by atoms with van der Waals surface area (Å²) in [4.78, 5) is 23.3. The lowest BCUT2D eigenvalue weighted by Crippen LogP contribution is -2.21. The monoisotopic (exact) mass is 312 g/mol. The highest BCUT2D eigenvalue weighted by molar-refractivity contribution is 7.13. The maximum absolute atomic E-state index is 11.0. The molecule has 2 aromatic rings. The number of carbonyl (C=O) groups excluding carboxylic acids is 1. The van der Waals surface area contributed by atoms with Gasteiger partial charge in [-0.1, -0.05) is 6.07 Å². The van der Waals surface area contributed by atoms with Crippen molar-refractivity contribution in [2.45, 2.75) is 6.92 Å². The SMILES string of the molecule is CC(=O)Nc1cccc(-c2csc(N=C(N)N)n2)n1.Cl. The molecule has 2 heterocycles. The second kappa shape index (κ2) is 6.83. The van der Waals surface area contributed by atoms with Crippen molar-refractivity contribution < 1.29 is 4.79 Å². The minimum atomic E-state index is -0.177. The van der Waals surface area contributed by atoms with Gasteiger partial charge in [-0.25, -0.2) is 9.97 Å². The zero-order valence-electron chi connectivity index (χ0n) is 10.5. The summed E-state index contributed by atoms with van der Waals surface area (Å²) in [5.74, 6) is 0.256. The van der Waals surface area contributed by atoms with E-state index in [-0.39, 0.29) is 24.3 Å². The highest BCUT2D eigenvalue weighted by Crippen LogP contribution is 2.25. The molecule has 9 heteroatoms. The van der Waals surface area contributed by atoms with E-state index in [9.17, 15) is 4.79 Å². The van der Waals surface area contributed by atoms with Crippen LogP contribution in [0.2, 0.25) is 0 Å². The molecule has 0 aromatic carbocycles. The van der Waals surface area contributed by atoms with Gasteiger partial charge in [0.2, 0.25) is 11.0 Å². The van der Waals surface area contributed by atoms with Crippen LogP contribution in [-0.2, 0) is 4.79 Å². The molecule has 7 nitrogen and oxygen atoms in total. The Bertz CT molecular complexity index is 637. The number of amides is 1. The molecule has 20 heavy (non-hydrogen) atoms. The molecule has 0 saturated carbocycles. The molecule has 0 fully saturated rings. The Morgan fingerprint density at radius 3 is 2.70 bits per heavy atom. The Morgan fingerprint density at radius 1 is 1.30 bits per heavy atom. The maximum Gasteiger partial charge on any atom is 0.222 e. The van der Waals surface area contributed by atoms with Gasteiger partial charge in [-0.2, -0.15) is 4.99 Å². The van der Waals surface area contributed by atoms with Crippen molar-refractivity contribution in [1.29, 1.82) is 0 Å². The number of nitrogens with one attached hydrogen (secondary N) is 1. The summed E-state index contributed by atoms with van der Waals surface area (Å²) in [7, 11) is 0. The van der Waals surface area contributed by atoms with Crippen LogP contribution in [0.4, 0.5) is 10.9 Å². The number of aromatic nitrogens is 2. The number of rotatable bonds is 3. The van der Waals surface area contributed by atoms with E-state index in [2.05, 4.69) is 20.3 Å². The molecular formula is C11H13ClN6OS. The first-order valence-corrected chi connectivity index (χ1v) is 6.23. The Balaban J connectivity index is 0.00000200. The fraction of sp³-hybridized carbons (Fsp3) is 0.0909. The normalized spacial score (nSPS) is 9.45. The van der Waals surface area contributed by atoms with Gasteiger partial charge in [-0.05, 0) is 12.1 Å². The number of aliphatic imine (C=N–C) groups is 1. The van der Waals surface area contributed by atoms with Crippen LogP contribution in [0, 0.1) is 0 Å². The van der Waals surface area contributed by atoms with Crippen molar-refractivity contribution in [1.82, 2.24) is 9.97 Å². The van der Waals surface area contributed by atoms with Gasteiger partial charge in [0.25, 0.3) is 0 Å². The van der Waals surface area contributed by atoms with Crippen molar-refractivity contribution >= 4 is 46.6 Å². The molecule has 2 rings (SSSR count). The zero-order valence-corrected chi connectivity index (χ0v) is 12.2. The van der Waals surface area contributed by atoms with E-state index in [4.69, 9.17) is 11.5 Å². The summed E-state index contributed by atoms with van der Waals surface area (Å²) in [6, 6.07) is 5.28. The van der Waals surface area contributed by atoms with E-state index in [1.54, 1.807) is 23.6 Å². The molecule has 0 spiro atoms. The molecule has 0 atom stereocenters. The van der Waals surface area contributed by atoms with Gasteiger partial charge < -0.3 is 16.8 Å². The molecule has 0 radical (unpaired) electrons. The smallest absolute Gasteiger partial charge is 0.222 e. The summed E-state index contributed by atoms with van der Waals surface area (Å²) in [6.07, 6.45) is 0. The predicted molar refractivity (Wildman–Crippen MR) is 82.4 cm³/mol. The van der Waals surface area contributed by atoms with E-state index in [1.807, 2.05) is 0 Å². The van der Waals surface area contributed by atoms with E-state index in [1.165, 1.54) is 18.3 Å². The Hall–Kier alpha value is -2.19. The molecule has 2 aromatic heterocycles. The van der Waals surface area contributed by atoms with Crippen LogP contribution < -0.4 is 16.8 Å². The third-order valence-corrected chi connectivity index (χ3v) is 2.77. The van der Waals surface area contributed by atoms with Gasteiger partial charge in [0, 0.05) is 12.3 Å². The third-order valence-electron chi connectivity index (χ3n) is 2.03. The van der Waals surface area contributed by atoms with E-state index >= 15 is 0 Å². The molecule has 0 aliphatic heterocycles. The molecule has 106 valence electrons. The second-order valence-electron chi connectivity index (χ2n) is 3.64. The van der Waals surface area contributed by atoms with Gasteiger partial charge in [0.1, 0.15) is 11.5 Å². The van der Waals surface area contributed by atoms with Crippen LogP contribution in [0.15, 0.2) is 28.6 Å². The number of halogens is 1. The Morgan fingerprint density at radius 2 is 2.05 bits per heavy atom. The predicted octanol–water partition coefficient (Wildman–Crippen LogP) is 1.49. The number of nitrogens with zero attached hydrogens (tertiary/aromatic N) is 3. The van der Waals surface area contributed by atoms with Gasteiger partial charge in [0.15, 0.2) is 5.96 Å². The summed E-state index contributed by atoms with van der Waals surface area (Å²) < 4.78 is 0. The first-order chi connectivity index (χ1) is 9.04. The van der Waals surface area contributed by atoms with Crippen molar-refractivity contribution in [3.8, 4) is 11.4 Å². The highest BCUT2D eigenvalue weighted by atomic mass is 35.5. The fourth-order valence-electron chi connectivity index (χ4n) is 1.37. The average molecular weight is 313 g/mol. The van der Waals surface area contributed by atoms with Crippen LogP contribution in [0.3, 0.4) is 0 Å². The standard InChI is InChI=1S/C11H12N6OS.ClH/c1-6(18)14-9-4-2-3-7(15-9)8-5-19-11(16-8)17-10(12)13;/h2-5H,1H3,(H,14,15,18)(H4,12,13,16,17);1H. The molecule has 0 aliphatic rings. The average Bonchev–Trinajstić information content (AvgIpc) is 2.76. The summed E-state index contributed by atoms with van der Waals surface area (Å²) in [6.45, 7) is 1.42. The minimum Gasteiger partial charge on any atom is -0.370 e. The molecular weight excluding hydrogens is 300 g/mol. The number of pyridine rings is 1. The van der Waals surface area contributed by atoms with Crippen molar-refractivity contribution in [3.05, 3.63) is 23.6 Å². The molecule has 1 amide bonds. The van der Waals surface area contributed by atoms with Gasteiger partial charge in [-0.3, -0.25) is 4.79 Å². The molecule has 0 bridgehead atoms. The first kappa shape index (κ1) is 15.9. The van der Waals surface area contributed by atoms with Gasteiger partial charge in [0.05, 0.1) is 5.69 Å². The molecule has 0 aliphatic carbocycles. The zero-order chi connectivity index (χ0) is 13.8. The van der Waals surface area contributed by atoms with Crippen molar-refractivity contribution in [2.75, 3.05) is 5.32 Å². The number of guanidine groups is 1. The highest BCUT2D eigenvalue weighted by Gasteiger charge is 2.07. The van der Waals surface area contributed by atoms with Crippen LogP contribution in [0.1, 0.15) is 6.92 Å². The third kappa shape index (κ3) is 4.18. The van der Waals surface area contributed by atoms with Gasteiger partial charge in [-0.15, -0.1) is 23.7 Å². The summed E-state index contributed by atoms with van der Waals surface area (Å²) in [5.41, 5.74) is 11.9. The molecule has 0 unspecified atom stereocenters. The Labute approximate surface area is 125 Å². The topological polar surface area (TPSA) is 119 Å². The summed E-state index contributed by atoms with van der Waals surface area (Å²) in [5, 5.41) is 4.87. The quantitative estimate of drug-likeness (QED) is 0.586. The van der Waals surface area contributed by atoms with E-state index in [0.29, 0.717) is 22.3 Å². The number of thiazole rings is 1. The number of nitrogens with two attached hydrogens (primary N) is 2. The van der Waals surface area contributed by atoms with Gasteiger partial charge >= 0.3 is 0 Å². The van der Waals surface area contributed by atoms with Crippen LogP contribution in [0.25, 0.3) is 11.4 Å². The maximum atomic E-state index is 11.0. The number of hydrogen-bond acceptors (Lipinski definition) is 5. The molecule has 0 saturated heterocycles. The minimum absolute atomic E-state index is 0. The number of hydrogen-bond donors (Lipinski definition) is 3. The first-order valence-electron chi connectivity index (χ1n) is 5.35. The van der Waals surface area contributed by atoms with Crippen LogP contribution in [0.5, 0.6) is 0 Å². The summed E-state index contributed by atoms with van der Waals surface area (Å²) >= 11 is 1.31. The van der Waals surface area contributed by atoms with Crippen molar-refractivity contribution in [3.63, 3.8) is 0 Å². The van der Waals surface area contributed by atoms with Crippen LogP contribution >= 0.6 is 23.7 Å². The largest absolute Gasteiger partial charge is 0.370 e. The van der Waals surface area contributed by atoms with Crippen molar-refractivity contribution in [2.24, 2.45) is 16.5 Å². The lowest BCUT2D eigenvalue weighted by molar-refractivity contribution is -0.114.